The van der Waals surface area contributed by atoms with Gasteiger partial charge in [0.1, 0.15) is 0 Å². The maximum Gasteiger partial charge on any atom is 0.318 e. The zero-order valence-corrected chi connectivity index (χ0v) is 10.6. The van der Waals surface area contributed by atoms with Crippen LogP contribution in [0.5, 0.6) is 0 Å². The first kappa shape index (κ1) is 15.0. The highest BCUT2D eigenvalue weighted by Gasteiger charge is 2.19. The maximum absolute atomic E-state index is 13.0. The number of primary amides is 1. The highest BCUT2D eigenvalue weighted by atomic mass is 19.2. The minimum atomic E-state index is -0.944. The van der Waals surface area contributed by atoms with Crippen LogP contribution in [0, 0.1) is 11.6 Å². The third-order valence-electron chi connectivity index (χ3n) is 2.70. The monoisotopic (exact) mass is 271 g/mol. The van der Waals surface area contributed by atoms with Gasteiger partial charge < -0.3 is 5.73 Å². The van der Waals surface area contributed by atoms with Gasteiger partial charge in [0, 0.05) is 6.54 Å². The molecule has 0 unspecified atom stereocenters. The topological polar surface area (TPSA) is 75.4 Å². The molecule has 19 heavy (non-hydrogen) atoms. The number of hydrogen-bond acceptors (Lipinski definition) is 3. The first-order valence-corrected chi connectivity index (χ1v) is 5.55. The Kier molecular flexibility index (Phi) is 4.94. The molecule has 0 bridgehead atoms. The molecule has 1 rings (SSSR count). The van der Waals surface area contributed by atoms with Crippen LogP contribution in [-0.2, 0) is 11.3 Å². The van der Waals surface area contributed by atoms with E-state index in [1.807, 2.05) is 5.32 Å². The van der Waals surface area contributed by atoms with Gasteiger partial charge in [0.05, 0.1) is 6.04 Å². The molecule has 1 aromatic carbocycles. The molecule has 0 spiro atoms. The lowest BCUT2D eigenvalue weighted by Crippen LogP contribution is -2.46. The predicted octanol–water partition coefficient (Wildman–Crippen LogP) is 0.980. The molecule has 0 saturated carbocycles. The number of urea groups is 1. The third kappa shape index (κ3) is 4.29. The normalized spacial score (nSPS) is 12.3. The summed E-state index contributed by atoms with van der Waals surface area (Å²) in [6.07, 6.45) is 0. The highest BCUT2D eigenvalue weighted by molar-refractivity contribution is 5.96. The van der Waals surface area contributed by atoms with Gasteiger partial charge in [-0.05, 0) is 31.7 Å². The summed E-state index contributed by atoms with van der Waals surface area (Å²) in [6, 6.07) is 1.93. The maximum atomic E-state index is 13.0. The fourth-order valence-corrected chi connectivity index (χ4v) is 1.49. The minimum Gasteiger partial charge on any atom is -0.351 e. The van der Waals surface area contributed by atoms with Crippen molar-refractivity contribution in [2.75, 3.05) is 7.05 Å². The Bertz CT molecular complexity index is 494. The van der Waals surface area contributed by atoms with Gasteiger partial charge in [0.15, 0.2) is 11.6 Å². The molecule has 7 heteroatoms. The summed E-state index contributed by atoms with van der Waals surface area (Å²) in [5.74, 6) is -2.43. The van der Waals surface area contributed by atoms with E-state index in [0.717, 1.165) is 12.1 Å². The number of amides is 3. The van der Waals surface area contributed by atoms with Gasteiger partial charge in [-0.1, -0.05) is 6.07 Å². The molecule has 5 nitrogen and oxygen atoms in total. The molecule has 0 radical (unpaired) electrons. The van der Waals surface area contributed by atoms with Gasteiger partial charge in [0.25, 0.3) is 0 Å². The van der Waals surface area contributed by atoms with Crippen LogP contribution in [0.15, 0.2) is 18.2 Å². The zero-order valence-electron chi connectivity index (χ0n) is 10.6. The number of imide groups is 1. The van der Waals surface area contributed by atoms with Crippen molar-refractivity contribution < 1.29 is 18.4 Å². The van der Waals surface area contributed by atoms with E-state index in [2.05, 4.69) is 0 Å². The van der Waals surface area contributed by atoms with Crippen molar-refractivity contribution in [3.8, 4) is 0 Å². The summed E-state index contributed by atoms with van der Waals surface area (Å²) in [7, 11) is 1.62. The van der Waals surface area contributed by atoms with Crippen LogP contribution < -0.4 is 11.1 Å². The van der Waals surface area contributed by atoms with Crippen molar-refractivity contribution in [3.05, 3.63) is 35.4 Å². The first-order chi connectivity index (χ1) is 8.81. The fourth-order valence-electron chi connectivity index (χ4n) is 1.49. The molecule has 0 aliphatic heterocycles. The van der Waals surface area contributed by atoms with Gasteiger partial charge in [-0.25, -0.2) is 13.6 Å². The lowest BCUT2D eigenvalue weighted by atomic mass is 10.1. The summed E-state index contributed by atoms with van der Waals surface area (Å²) in [4.78, 5) is 23.7. The van der Waals surface area contributed by atoms with Crippen LogP contribution in [0.25, 0.3) is 0 Å². The van der Waals surface area contributed by atoms with E-state index in [1.54, 1.807) is 18.9 Å². The second-order valence-electron chi connectivity index (χ2n) is 4.19. The van der Waals surface area contributed by atoms with Crippen LogP contribution in [0.1, 0.15) is 12.5 Å². The summed E-state index contributed by atoms with van der Waals surface area (Å²) in [5.41, 5.74) is 5.35. The quantitative estimate of drug-likeness (QED) is 0.857. The average Bonchev–Trinajstić information content (AvgIpc) is 2.32. The van der Waals surface area contributed by atoms with Gasteiger partial charge >= 0.3 is 6.03 Å². The van der Waals surface area contributed by atoms with E-state index in [9.17, 15) is 18.4 Å². The number of halogens is 2. The molecule has 1 aromatic rings. The summed E-state index contributed by atoms with van der Waals surface area (Å²) in [5, 5.41) is 1.95. The number of hydrogen-bond donors (Lipinski definition) is 2. The van der Waals surface area contributed by atoms with E-state index >= 15 is 0 Å². The van der Waals surface area contributed by atoms with Gasteiger partial charge in [-0.3, -0.25) is 15.0 Å². The average molecular weight is 271 g/mol. The van der Waals surface area contributed by atoms with Crippen molar-refractivity contribution in [2.45, 2.75) is 19.5 Å². The molecule has 0 aliphatic carbocycles. The number of carbonyl (C=O) groups excluding carboxylic acids is 2. The van der Waals surface area contributed by atoms with Crippen LogP contribution in [-0.4, -0.2) is 29.9 Å². The lowest BCUT2D eigenvalue weighted by Gasteiger charge is -2.23. The highest BCUT2D eigenvalue weighted by Crippen LogP contribution is 2.11. The van der Waals surface area contributed by atoms with Gasteiger partial charge in [-0.15, -0.1) is 0 Å². The number of nitrogens with one attached hydrogen (secondary N) is 1. The van der Waals surface area contributed by atoms with E-state index in [4.69, 9.17) is 5.73 Å². The number of rotatable bonds is 4. The number of nitrogens with two attached hydrogens (primary N) is 1. The Labute approximate surface area is 109 Å². The molecule has 3 N–H and O–H groups in total. The number of benzene rings is 1. The van der Waals surface area contributed by atoms with E-state index in [1.165, 1.54) is 6.07 Å². The molecule has 0 heterocycles. The molecule has 104 valence electrons. The van der Waals surface area contributed by atoms with E-state index < -0.39 is 29.6 Å². The van der Waals surface area contributed by atoms with Gasteiger partial charge in [-0.2, -0.15) is 0 Å². The summed E-state index contributed by atoms with van der Waals surface area (Å²) < 4.78 is 25.8. The second-order valence-corrected chi connectivity index (χ2v) is 4.19. The second kappa shape index (κ2) is 6.24. The van der Waals surface area contributed by atoms with E-state index in [0.29, 0.717) is 5.56 Å². The molecule has 0 saturated heterocycles. The van der Waals surface area contributed by atoms with Crippen molar-refractivity contribution >= 4 is 11.9 Å². The van der Waals surface area contributed by atoms with Crippen LogP contribution >= 0.6 is 0 Å². The van der Waals surface area contributed by atoms with Crippen molar-refractivity contribution in [1.82, 2.24) is 10.2 Å². The minimum absolute atomic E-state index is 0.227. The van der Waals surface area contributed by atoms with Crippen molar-refractivity contribution in [1.29, 1.82) is 0 Å². The van der Waals surface area contributed by atoms with Gasteiger partial charge in [0.2, 0.25) is 5.91 Å². The molecule has 0 aromatic heterocycles. The Morgan fingerprint density at radius 2 is 2.00 bits per heavy atom. The van der Waals surface area contributed by atoms with Crippen LogP contribution in [0.3, 0.4) is 0 Å². The SMILES string of the molecule is C[C@@H](C(=O)NC(N)=O)N(C)Cc1ccc(F)c(F)c1. The Hall–Kier alpha value is -2.02. The molecule has 0 fully saturated rings. The van der Waals surface area contributed by atoms with Crippen molar-refractivity contribution in [3.63, 3.8) is 0 Å². The molecular formula is C12H15F2N3O2. The standard InChI is InChI=1S/C12H15F2N3O2/c1-7(11(18)16-12(15)19)17(2)6-8-3-4-9(13)10(14)5-8/h3-5,7H,6H2,1-2H3,(H3,15,16,18,19)/t7-/m0/s1. The third-order valence-corrected chi connectivity index (χ3v) is 2.70. The smallest absolute Gasteiger partial charge is 0.318 e. The van der Waals surface area contributed by atoms with Crippen molar-refractivity contribution in [2.24, 2.45) is 5.73 Å². The Morgan fingerprint density at radius 3 is 2.53 bits per heavy atom. The molecule has 3 amide bonds. The Morgan fingerprint density at radius 1 is 1.37 bits per heavy atom. The number of nitrogens with zero attached hydrogens (tertiary/aromatic N) is 1. The summed E-state index contributed by atoms with van der Waals surface area (Å²) in [6.45, 7) is 1.79. The van der Waals surface area contributed by atoms with Crippen LogP contribution in [0.2, 0.25) is 0 Å². The van der Waals surface area contributed by atoms with E-state index in [-0.39, 0.29) is 6.54 Å². The number of likely N-dealkylation sites (N-methyl/N-ethyl adjacent to an activating group) is 1. The summed E-state index contributed by atoms with van der Waals surface area (Å²) >= 11 is 0. The predicted molar refractivity (Wildman–Crippen MR) is 65.0 cm³/mol. The largest absolute Gasteiger partial charge is 0.351 e. The molecule has 0 aliphatic rings. The molecule has 1 atom stereocenters. The first-order valence-electron chi connectivity index (χ1n) is 5.55. The number of carbonyl (C=O) groups is 2. The Balaban J connectivity index is 2.67. The van der Waals surface area contributed by atoms with Crippen LogP contribution in [0.4, 0.5) is 13.6 Å². The lowest BCUT2D eigenvalue weighted by molar-refractivity contribution is -0.124. The molecular weight excluding hydrogens is 256 g/mol. The fraction of sp³-hybridized carbons (Fsp3) is 0.333. The zero-order chi connectivity index (χ0) is 14.6.